The molecular weight excluding hydrogens is 406 g/mol. The first-order chi connectivity index (χ1) is 14.8. The molecule has 0 aliphatic carbocycles. The average molecular weight is 427 g/mol. The molecule has 2 aromatic carbocycles. The molecule has 0 fully saturated rings. The second-order valence-electron chi connectivity index (χ2n) is 6.98. The van der Waals surface area contributed by atoms with Gasteiger partial charge in [-0.1, -0.05) is 53.7 Å². The Balaban J connectivity index is 1.62. The van der Waals surface area contributed by atoms with Gasteiger partial charge in [-0.3, -0.25) is 9.59 Å². The van der Waals surface area contributed by atoms with E-state index in [1.165, 1.54) is 0 Å². The summed E-state index contributed by atoms with van der Waals surface area (Å²) in [6, 6.07) is 16.2. The highest BCUT2D eigenvalue weighted by Crippen LogP contribution is 2.26. The molecule has 3 N–H and O–H groups in total. The number of amides is 2. The number of nitrogens with two attached hydrogens (primary N) is 1. The van der Waals surface area contributed by atoms with E-state index in [-0.39, 0.29) is 18.1 Å². The van der Waals surface area contributed by atoms with Crippen molar-refractivity contribution in [1.82, 2.24) is 15.5 Å². The zero-order valence-corrected chi connectivity index (χ0v) is 16.5. The summed E-state index contributed by atoms with van der Waals surface area (Å²) in [6.45, 7) is 0. The summed E-state index contributed by atoms with van der Waals surface area (Å²) < 4.78 is 33.6. The molecule has 0 bridgehead atoms. The van der Waals surface area contributed by atoms with E-state index >= 15 is 0 Å². The highest BCUT2D eigenvalue weighted by atomic mass is 19.3. The lowest BCUT2D eigenvalue weighted by Crippen LogP contribution is -2.34. The van der Waals surface area contributed by atoms with Crippen LogP contribution in [-0.2, 0) is 16.0 Å². The number of nitrogens with zero attached hydrogens (tertiary/aromatic N) is 2. The van der Waals surface area contributed by atoms with Crippen LogP contribution in [0.1, 0.15) is 30.3 Å². The largest absolute Gasteiger partial charge is 0.370 e. The van der Waals surface area contributed by atoms with Crippen LogP contribution in [0.3, 0.4) is 0 Å². The molecule has 3 rings (SSSR count). The van der Waals surface area contributed by atoms with Gasteiger partial charge >= 0.3 is 0 Å². The van der Waals surface area contributed by atoms with Gasteiger partial charge < -0.3 is 15.6 Å². The van der Waals surface area contributed by atoms with Gasteiger partial charge in [0.15, 0.2) is 5.82 Å². The van der Waals surface area contributed by atoms with Gasteiger partial charge in [0.2, 0.25) is 11.8 Å². The third kappa shape index (κ3) is 6.70. The minimum Gasteiger partial charge on any atom is -0.370 e. The zero-order valence-electron chi connectivity index (χ0n) is 16.5. The maximum atomic E-state index is 14.2. The Labute approximate surface area is 177 Å². The predicted octanol–water partition coefficient (Wildman–Crippen LogP) is 3.24. The molecule has 0 unspecified atom stereocenters. The summed E-state index contributed by atoms with van der Waals surface area (Å²) in [6.07, 6.45) is -0.727. The van der Waals surface area contributed by atoms with Gasteiger partial charge in [0.05, 0.1) is 12.8 Å². The highest BCUT2D eigenvalue weighted by Gasteiger charge is 2.31. The van der Waals surface area contributed by atoms with Crippen molar-refractivity contribution in [2.24, 2.45) is 5.73 Å². The fraction of sp³-hybridized carbons (Fsp3) is 0.227. The summed E-state index contributed by atoms with van der Waals surface area (Å²) in [5, 5.41) is 6.25. The number of benzene rings is 2. The number of alkyl halides is 2. The third-order valence-corrected chi connectivity index (χ3v) is 4.39. The molecule has 161 valence electrons. The van der Waals surface area contributed by atoms with Crippen molar-refractivity contribution in [2.45, 2.75) is 31.2 Å². The van der Waals surface area contributed by atoms with E-state index in [1.807, 2.05) is 6.07 Å². The topological polar surface area (TPSA) is 111 Å². The molecule has 9 heteroatoms. The van der Waals surface area contributed by atoms with Gasteiger partial charge in [-0.2, -0.15) is 4.98 Å². The SMILES string of the molecule is NC(=O)C[C@H](NC(=O)[CH]CC(F)(F)Cc1ccccc1)c1noc(-c2ccccc2)n1. The van der Waals surface area contributed by atoms with Crippen LogP contribution in [0, 0.1) is 6.42 Å². The van der Waals surface area contributed by atoms with E-state index in [9.17, 15) is 18.4 Å². The number of halogens is 2. The van der Waals surface area contributed by atoms with Crippen molar-refractivity contribution in [1.29, 1.82) is 0 Å². The fourth-order valence-corrected chi connectivity index (χ4v) is 2.92. The molecule has 0 saturated carbocycles. The molecule has 1 aromatic heterocycles. The first-order valence-corrected chi connectivity index (χ1v) is 9.55. The Morgan fingerprint density at radius 2 is 1.74 bits per heavy atom. The van der Waals surface area contributed by atoms with Gasteiger partial charge in [0.1, 0.15) is 6.04 Å². The summed E-state index contributed by atoms with van der Waals surface area (Å²) in [5.74, 6) is -4.39. The molecule has 0 aliphatic heterocycles. The van der Waals surface area contributed by atoms with Crippen LogP contribution >= 0.6 is 0 Å². The van der Waals surface area contributed by atoms with Gasteiger partial charge in [0.25, 0.3) is 11.8 Å². The van der Waals surface area contributed by atoms with Crippen molar-refractivity contribution in [3.63, 3.8) is 0 Å². The number of rotatable bonds is 10. The Morgan fingerprint density at radius 1 is 1.10 bits per heavy atom. The van der Waals surface area contributed by atoms with E-state index < -0.39 is 36.6 Å². The van der Waals surface area contributed by atoms with Crippen molar-refractivity contribution in [3.05, 3.63) is 78.5 Å². The monoisotopic (exact) mass is 427 g/mol. The molecule has 1 atom stereocenters. The number of carbonyl (C=O) groups excluding carboxylic acids is 2. The maximum absolute atomic E-state index is 14.2. The standard InChI is InChI=1S/C22H21F2N4O3/c23-22(24,14-15-7-3-1-4-8-15)12-11-19(30)26-17(13-18(25)29)20-27-21(31-28-20)16-9-5-2-6-10-16/h1-11,17H,12-14H2,(H2,25,29)(H,26,30)/t17-/m0/s1. The molecule has 31 heavy (non-hydrogen) atoms. The summed E-state index contributed by atoms with van der Waals surface area (Å²) in [5.41, 5.74) is 6.36. The third-order valence-electron chi connectivity index (χ3n) is 4.39. The van der Waals surface area contributed by atoms with E-state index in [0.717, 1.165) is 6.42 Å². The van der Waals surface area contributed by atoms with Gasteiger partial charge in [-0.05, 0) is 17.7 Å². The van der Waals surface area contributed by atoms with Crippen LogP contribution in [0.2, 0.25) is 0 Å². The quantitative estimate of drug-likeness (QED) is 0.516. The van der Waals surface area contributed by atoms with Crippen LogP contribution in [0.5, 0.6) is 0 Å². The highest BCUT2D eigenvalue weighted by molar-refractivity contribution is 5.85. The second kappa shape index (κ2) is 9.92. The zero-order chi connectivity index (χ0) is 22.3. The minimum absolute atomic E-state index is 0.0236. The maximum Gasteiger partial charge on any atom is 0.257 e. The van der Waals surface area contributed by atoms with Crippen molar-refractivity contribution in [2.75, 3.05) is 0 Å². The van der Waals surface area contributed by atoms with Crippen molar-refractivity contribution >= 4 is 11.8 Å². The molecule has 7 nitrogen and oxygen atoms in total. The molecular formula is C22H21F2N4O3. The van der Waals surface area contributed by atoms with Gasteiger partial charge in [-0.15, -0.1) is 0 Å². The van der Waals surface area contributed by atoms with E-state index in [2.05, 4.69) is 15.5 Å². The Morgan fingerprint density at radius 3 is 2.39 bits per heavy atom. The van der Waals surface area contributed by atoms with E-state index in [0.29, 0.717) is 11.1 Å². The van der Waals surface area contributed by atoms with Gasteiger partial charge in [-0.25, -0.2) is 8.78 Å². The number of aromatic nitrogens is 2. The Kier molecular flexibility index (Phi) is 7.07. The molecule has 1 radical (unpaired) electrons. The first kappa shape index (κ1) is 22.1. The number of hydrogen-bond donors (Lipinski definition) is 2. The molecule has 0 aliphatic rings. The predicted molar refractivity (Wildman–Crippen MR) is 108 cm³/mol. The second-order valence-corrected chi connectivity index (χ2v) is 6.98. The fourth-order valence-electron chi connectivity index (χ4n) is 2.92. The van der Waals surface area contributed by atoms with E-state index in [1.54, 1.807) is 54.6 Å². The summed E-state index contributed by atoms with van der Waals surface area (Å²) in [4.78, 5) is 27.9. The molecule has 0 saturated heterocycles. The first-order valence-electron chi connectivity index (χ1n) is 9.55. The van der Waals surface area contributed by atoms with Crippen LogP contribution < -0.4 is 11.1 Å². The van der Waals surface area contributed by atoms with Crippen LogP contribution in [0.25, 0.3) is 11.5 Å². The summed E-state index contributed by atoms with van der Waals surface area (Å²) in [7, 11) is 0. The number of carbonyl (C=O) groups is 2. The average Bonchev–Trinajstić information content (AvgIpc) is 3.23. The molecule has 1 heterocycles. The smallest absolute Gasteiger partial charge is 0.257 e. The number of primary amides is 1. The Hall–Kier alpha value is -3.62. The van der Waals surface area contributed by atoms with Crippen LogP contribution in [0.15, 0.2) is 65.2 Å². The van der Waals surface area contributed by atoms with Crippen LogP contribution in [-0.4, -0.2) is 27.9 Å². The number of nitrogens with one attached hydrogen (secondary N) is 1. The van der Waals surface area contributed by atoms with Crippen molar-refractivity contribution in [3.8, 4) is 11.5 Å². The lowest BCUT2D eigenvalue weighted by molar-refractivity contribution is -0.121. The lowest BCUT2D eigenvalue weighted by Gasteiger charge is -2.17. The minimum atomic E-state index is -3.11. The Bertz CT molecular complexity index is 1010. The van der Waals surface area contributed by atoms with E-state index in [4.69, 9.17) is 10.3 Å². The normalized spacial score (nSPS) is 12.3. The molecule has 3 aromatic rings. The molecule has 0 spiro atoms. The lowest BCUT2D eigenvalue weighted by atomic mass is 10.0. The van der Waals surface area contributed by atoms with Crippen LogP contribution in [0.4, 0.5) is 8.78 Å². The molecule has 2 amide bonds. The summed E-state index contributed by atoms with van der Waals surface area (Å²) >= 11 is 0. The van der Waals surface area contributed by atoms with Gasteiger partial charge in [0, 0.05) is 18.4 Å². The number of hydrogen-bond acceptors (Lipinski definition) is 5. The van der Waals surface area contributed by atoms with Crippen molar-refractivity contribution < 1.29 is 22.9 Å².